The zero-order valence-electron chi connectivity index (χ0n) is 10.6. The molecule has 0 aromatic carbocycles. The Hall–Kier alpha value is -2.38. The summed E-state index contributed by atoms with van der Waals surface area (Å²) in [6.07, 6.45) is 0.985. The van der Waals surface area contributed by atoms with E-state index >= 15 is 0 Å². The number of amides is 1. The van der Waals surface area contributed by atoms with Crippen molar-refractivity contribution in [3.8, 4) is 0 Å². The van der Waals surface area contributed by atoms with Crippen LogP contribution in [0.1, 0.15) is 24.2 Å². The number of rotatable bonds is 5. The Bertz CT molecular complexity index is 586. The molecule has 1 amide bonds. The van der Waals surface area contributed by atoms with Crippen LogP contribution in [0.5, 0.6) is 0 Å². The summed E-state index contributed by atoms with van der Waals surface area (Å²) in [5.41, 5.74) is -1.86. The van der Waals surface area contributed by atoms with Crippen molar-refractivity contribution in [2.24, 2.45) is 5.92 Å². The summed E-state index contributed by atoms with van der Waals surface area (Å²) in [5, 5.41) is 8.77. The lowest BCUT2D eigenvalue weighted by molar-refractivity contribution is -0.137. The molecule has 0 spiro atoms. The molecule has 0 saturated heterocycles. The smallest absolute Gasteiger partial charge is 0.325 e. The topological polar surface area (TPSA) is 123 Å². The molecule has 1 aromatic rings. The van der Waals surface area contributed by atoms with Gasteiger partial charge in [-0.3, -0.25) is 19.4 Å². The Kier molecular flexibility index (Phi) is 4.62. The molecule has 0 bridgehead atoms. The van der Waals surface area contributed by atoms with Crippen LogP contribution in [0.2, 0.25) is 0 Å². The summed E-state index contributed by atoms with van der Waals surface area (Å²) in [7, 11) is 0. The van der Waals surface area contributed by atoms with Crippen LogP contribution in [-0.2, 0) is 4.79 Å². The summed E-state index contributed by atoms with van der Waals surface area (Å²) >= 11 is 0. The Labute approximate surface area is 108 Å². The van der Waals surface area contributed by atoms with Crippen LogP contribution in [0.15, 0.2) is 15.8 Å². The first-order valence-electron chi connectivity index (χ1n) is 5.64. The van der Waals surface area contributed by atoms with Gasteiger partial charge in [-0.2, -0.15) is 0 Å². The van der Waals surface area contributed by atoms with Gasteiger partial charge in [0.1, 0.15) is 12.1 Å². The predicted molar refractivity (Wildman–Crippen MR) is 66.1 cm³/mol. The van der Waals surface area contributed by atoms with Gasteiger partial charge in [0.2, 0.25) is 0 Å². The fraction of sp³-hybridized carbons (Fsp3) is 0.455. The molecule has 0 aliphatic rings. The lowest BCUT2D eigenvalue weighted by Crippen LogP contribution is -2.41. The number of nitrogens with zero attached hydrogens (tertiary/aromatic N) is 1. The molecule has 104 valence electrons. The molecule has 8 heteroatoms. The van der Waals surface area contributed by atoms with Crippen LogP contribution in [0, 0.1) is 5.92 Å². The fourth-order valence-electron chi connectivity index (χ4n) is 1.56. The average molecular weight is 269 g/mol. The standard InChI is InChI=1S/C11H15N3O5/c1-6(2)4-14(5-8(15)16)10(18)7-3-12-11(19)13-9(7)17/h3,6H,4-5H2,1-2H3,(H,15,16)(H2,12,13,17,19). The van der Waals surface area contributed by atoms with Gasteiger partial charge in [-0.1, -0.05) is 13.8 Å². The Morgan fingerprint density at radius 1 is 1.37 bits per heavy atom. The largest absolute Gasteiger partial charge is 0.480 e. The average Bonchev–Trinajstić information content (AvgIpc) is 2.26. The van der Waals surface area contributed by atoms with E-state index in [1.165, 1.54) is 0 Å². The fourth-order valence-corrected chi connectivity index (χ4v) is 1.56. The molecule has 1 heterocycles. The van der Waals surface area contributed by atoms with Crippen molar-refractivity contribution in [1.82, 2.24) is 14.9 Å². The second-order valence-corrected chi connectivity index (χ2v) is 4.46. The number of aromatic amines is 2. The van der Waals surface area contributed by atoms with Crippen molar-refractivity contribution < 1.29 is 14.7 Å². The maximum atomic E-state index is 12.1. The Morgan fingerprint density at radius 2 is 2.00 bits per heavy atom. The van der Waals surface area contributed by atoms with Crippen LogP contribution in [0.4, 0.5) is 0 Å². The van der Waals surface area contributed by atoms with Gasteiger partial charge >= 0.3 is 11.7 Å². The van der Waals surface area contributed by atoms with Crippen LogP contribution in [0.25, 0.3) is 0 Å². The number of H-pyrrole nitrogens is 2. The maximum absolute atomic E-state index is 12.1. The second-order valence-electron chi connectivity index (χ2n) is 4.46. The predicted octanol–water partition coefficient (Wildman–Crippen LogP) is -0.754. The minimum Gasteiger partial charge on any atom is -0.480 e. The van der Waals surface area contributed by atoms with Crippen molar-refractivity contribution in [1.29, 1.82) is 0 Å². The van der Waals surface area contributed by atoms with Gasteiger partial charge in [-0.25, -0.2) is 4.79 Å². The van der Waals surface area contributed by atoms with Crippen molar-refractivity contribution in [3.05, 3.63) is 32.6 Å². The van der Waals surface area contributed by atoms with E-state index in [-0.39, 0.29) is 18.0 Å². The molecule has 19 heavy (non-hydrogen) atoms. The molecule has 0 atom stereocenters. The van der Waals surface area contributed by atoms with Crippen LogP contribution in [-0.4, -0.2) is 44.9 Å². The van der Waals surface area contributed by atoms with Crippen molar-refractivity contribution >= 4 is 11.9 Å². The minimum atomic E-state index is -1.17. The molecule has 0 unspecified atom stereocenters. The SMILES string of the molecule is CC(C)CN(CC(=O)O)C(=O)c1c[nH]c(=O)[nH]c1=O. The van der Waals surface area contributed by atoms with Gasteiger partial charge in [0.15, 0.2) is 0 Å². The Morgan fingerprint density at radius 3 is 2.47 bits per heavy atom. The normalized spacial score (nSPS) is 10.5. The second kappa shape index (κ2) is 5.98. The van der Waals surface area contributed by atoms with E-state index in [2.05, 4.69) is 4.98 Å². The van der Waals surface area contributed by atoms with Crippen LogP contribution >= 0.6 is 0 Å². The molecule has 0 aliphatic heterocycles. The number of aliphatic carboxylic acids is 1. The molecular weight excluding hydrogens is 254 g/mol. The first-order valence-corrected chi connectivity index (χ1v) is 5.64. The first-order chi connectivity index (χ1) is 8.81. The van der Waals surface area contributed by atoms with Gasteiger partial charge in [0.25, 0.3) is 11.5 Å². The number of carbonyl (C=O) groups is 2. The number of carboxylic acid groups (broad SMARTS) is 1. The van der Waals surface area contributed by atoms with Gasteiger partial charge in [-0.15, -0.1) is 0 Å². The van der Waals surface area contributed by atoms with E-state index in [4.69, 9.17) is 5.11 Å². The molecule has 1 aromatic heterocycles. The van der Waals surface area contributed by atoms with Crippen LogP contribution in [0.3, 0.4) is 0 Å². The molecule has 0 radical (unpaired) electrons. The maximum Gasteiger partial charge on any atom is 0.325 e. The summed E-state index contributed by atoms with van der Waals surface area (Å²) < 4.78 is 0. The third-order valence-corrected chi connectivity index (χ3v) is 2.25. The van der Waals surface area contributed by atoms with Gasteiger partial charge in [0, 0.05) is 12.7 Å². The molecule has 1 rings (SSSR count). The van der Waals surface area contributed by atoms with Crippen LogP contribution < -0.4 is 11.2 Å². The van der Waals surface area contributed by atoms with E-state index < -0.39 is 29.7 Å². The number of nitrogens with one attached hydrogen (secondary N) is 2. The summed E-state index contributed by atoms with van der Waals surface area (Å²) in [5.74, 6) is -1.85. The molecule has 0 saturated carbocycles. The van der Waals surface area contributed by atoms with Crippen molar-refractivity contribution in [3.63, 3.8) is 0 Å². The van der Waals surface area contributed by atoms with E-state index in [1.54, 1.807) is 0 Å². The van der Waals surface area contributed by atoms with E-state index in [0.29, 0.717) is 0 Å². The van der Waals surface area contributed by atoms with Crippen molar-refractivity contribution in [2.75, 3.05) is 13.1 Å². The molecule has 0 aliphatic carbocycles. The lowest BCUT2D eigenvalue weighted by Gasteiger charge is -2.22. The van der Waals surface area contributed by atoms with Gasteiger partial charge in [0.05, 0.1) is 0 Å². The highest BCUT2D eigenvalue weighted by Crippen LogP contribution is 2.03. The monoisotopic (exact) mass is 269 g/mol. The number of hydrogen-bond acceptors (Lipinski definition) is 4. The zero-order valence-corrected chi connectivity index (χ0v) is 10.6. The molecule has 3 N–H and O–H groups in total. The van der Waals surface area contributed by atoms with E-state index in [9.17, 15) is 19.2 Å². The van der Waals surface area contributed by atoms with Crippen molar-refractivity contribution in [2.45, 2.75) is 13.8 Å². The molecular formula is C11H15N3O5. The van der Waals surface area contributed by atoms with E-state index in [1.807, 2.05) is 18.8 Å². The third-order valence-electron chi connectivity index (χ3n) is 2.25. The quantitative estimate of drug-likeness (QED) is 0.648. The van der Waals surface area contributed by atoms with Gasteiger partial charge in [-0.05, 0) is 5.92 Å². The lowest BCUT2D eigenvalue weighted by atomic mass is 10.2. The minimum absolute atomic E-state index is 0.0464. The third kappa shape index (κ3) is 4.09. The Balaban J connectivity index is 3.07. The molecule has 8 nitrogen and oxygen atoms in total. The highest BCUT2D eigenvalue weighted by atomic mass is 16.4. The zero-order chi connectivity index (χ0) is 14.6. The first kappa shape index (κ1) is 14.7. The van der Waals surface area contributed by atoms with E-state index in [0.717, 1.165) is 11.1 Å². The number of aromatic nitrogens is 2. The number of hydrogen-bond donors (Lipinski definition) is 3. The van der Waals surface area contributed by atoms with Gasteiger partial charge < -0.3 is 15.0 Å². The summed E-state index contributed by atoms with van der Waals surface area (Å²) in [6, 6.07) is 0. The summed E-state index contributed by atoms with van der Waals surface area (Å²) in [6.45, 7) is 3.33. The highest BCUT2D eigenvalue weighted by Gasteiger charge is 2.22. The summed E-state index contributed by atoms with van der Waals surface area (Å²) in [4.78, 5) is 50.3. The molecule has 0 fully saturated rings. The highest BCUT2D eigenvalue weighted by molar-refractivity contribution is 5.95. The number of carboxylic acids is 1. The number of carbonyl (C=O) groups excluding carboxylic acids is 1.